The maximum atomic E-state index is 10.3. The van der Waals surface area contributed by atoms with Gasteiger partial charge in [0.2, 0.25) is 0 Å². The second kappa shape index (κ2) is 2.87. The molecule has 0 saturated carbocycles. The average molecular weight is 166 g/mol. The van der Waals surface area contributed by atoms with Crippen LogP contribution in [-0.2, 0) is 14.8 Å². The van der Waals surface area contributed by atoms with Gasteiger partial charge in [0.25, 0.3) is 0 Å². The van der Waals surface area contributed by atoms with E-state index in [2.05, 4.69) is 0 Å². The lowest BCUT2D eigenvalue weighted by molar-refractivity contribution is 0.193. The van der Waals surface area contributed by atoms with Crippen molar-refractivity contribution in [1.29, 1.82) is 0 Å². The van der Waals surface area contributed by atoms with Crippen LogP contribution in [0.3, 0.4) is 0 Å². The average Bonchev–Trinajstić information content (AvgIpc) is 2.12. The highest BCUT2D eigenvalue weighted by atomic mass is 32.2. The van der Waals surface area contributed by atoms with E-state index in [1.807, 2.05) is 0 Å². The Hall–Kier alpha value is -0.100. The van der Waals surface area contributed by atoms with E-state index in [0.29, 0.717) is 13.2 Å². The number of rotatable bonds is 1. The fourth-order valence-corrected chi connectivity index (χ4v) is 1.63. The van der Waals surface area contributed by atoms with Crippen molar-refractivity contribution in [3.05, 3.63) is 0 Å². The summed E-state index contributed by atoms with van der Waals surface area (Å²) in [5, 5.41) is 1.04. The lowest BCUT2D eigenvalue weighted by Gasteiger charge is -1.98. The summed E-state index contributed by atoms with van der Waals surface area (Å²) in [5.74, 6) is -0.0671. The number of hydrogen-bond donors (Lipinski definition) is 2. The molecule has 1 aliphatic rings. The van der Waals surface area contributed by atoms with Crippen molar-refractivity contribution in [3.8, 4) is 0 Å². The van der Waals surface area contributed by atoms with Crippen LogP contribution in [0.1, 0.15) is 6.42 Å². The van der Waals surface area contributed by atoms with Gasteiger partial charge < -0.3 is 4.74 Å². The molecule has 2 N–H and O–H groups in total. The maximum absolute atomic E-state index is 10.3. The topological polar surface area (TPSA) is 66.8 Å². The molecular formula is C5H10O4S. The fourth-order valence-electron chi connectivity index (χ4n) is 0.911. The first-order chi connectivity index (χ1) is 4.58. The standard InChI is InChI=1S/C5H10O4S/c6-10(7,8)4-5-1-2-9-3-5/h4-5H,1-3H2,(H2,6,7,8). The molecule has 1 saturated heterocycles. The molecule has 0 aromatic heterocycles. The summed E-state index contributed by atoms with van der Waals surface area (Å²) in [4.78, 5) is 0. The second-order valence-corrected chi connectivity index (χ2v) is 3.65. The molecule has 0 aliphatic carbocycles. The van der Waals surface area contributed by atoms with Crippen LogP contribution >= 0.6 is 0 Å². The van der Waals surface area contributed by atoms with Crippen LogP contribution in [0, 0.1) is 5.92 Å². The predicted molar refractivity (Wildman–Crippen MR) is 38.4 cm³/mol. The van der Waals surface area contributed by atoms with Crippen molar-refractivity contribution in [1.82, 2.24) is 0 Å². The third-order valence-corrected chi connectivity index (χ3v) is 2.07. The molecule has 60 valence electrons. The van der Waals surface area contributed by atoms with E-state index >= 15 is 0 Å². The highest BCUT2D eigenvalue weighted by Gasteiger charge is 2.14. The number of hydrogen-bond acceptors (Lipinski definition) is 2. The van der Waals surface area contributed by atoms with E-state index in [0.717, 1.165) is 11.8 Å². The van der Waals surface area contributed by atoms with Gasteiger partial charge in [-0.1, -0.05) is 0 Å². The molecule has 1 fully saturated rings. The summed E-state index contributed by atoms with van der Waals surface area (Å²) in [5.41, 5.74) is 0. The minimum Gasteiger partial charge on any atom is -0.381 e. The zero-order chi connectivity index (χ0) is 7.61. The molecule has 0 bridgehead atoms. The Morgan fingerprint density at radius 3 is 2.70 bits per heavy atom. The molecule has 1 heterocycles. The van der Waals surface area contributed by atoms with E-state index in [4.69, 9.17) is 13.8 Å². The van der Waals surface area contributed by atoms with Crippen LogP contribution in [0.25, 0.3) is 0 Å². The van der Waals surface area contributed by atoms with Crippen molar-refractivity contribution in [2.24, 2.45) is 5.92 Å². The highest BCUT2D eigenvalue weighted by molar-refractivity contribution is 7.90. The lowest BCUT2D eigenvalue weighted by atomic mass is 10.2. The fraction of sp³-hybridized carbons (Fsp3) is 0.800. The van der Waals surface area contributed by atoms with Gasteiger partial charge in [0.1, 0.15) is 0 Å². The largest absolute Gasteiger partial charge is 0.381 e. The molecule has 0 aromatic rings. The third-order valence-electron chi connectivity index (χ3n) is 1.33. The molecular weight excluding hydrogens is 156 g/mol. The smallest absolute Gasteiger partial charge is 0.196 e. The van der Waals surface area contributed by atoms with Crippen molar-refractivity contribution >= 4 is 15.5 Å². The summed E-state index contributed by atoms with van der Waals surface area (Å²) in [7, 11) is -3.66. The van der Waals surface area contributed by atoms with E-state index in [1.54, 1.807) is 0 Å². The van der Waals surface area contributed by atoms with Crippen molar-refractivity contribution in [2.75, 3.05) is 13.2 Å². The van der Waals surface area contributed by atoms with Gasteiger partial charge in [-0.05, 0) is 6.42 Å². The van der Waals surface area contributed by atoms with Crippen molar-refractivity contribution < 1.29 is 18.1 Å². The normalized spacial score (nSPS) is 26.8. The SMILES string of the molecule is O=S(O)(O)=CC1CCOC1. The van der Waals surface area contributed by atoms with Crippen LogP contribution < -0.4 is 0 Å². The van der Waals surface area contributed by atoms with E-state index < -0.39 is 10.1 Å². The molecule has 0 spiro atoms. The lowest BCUT2D eigenvalue weighted by Crippen LogP contribution is -2.09. The summed E-state index contributed by atoms with van der Waals surface area (Å²) in [6.07, 6.45) is 0.720. The summed E-state index contributed by atoms with van der Waals surface area (Å²) in [6.45, 7) is 1.05. The number of ether oxygens (including phenoxy) is 1. The predicted octanol–water partition coefficient (Wildman–Crippen LogP) is 0.0555. The molecule has 10 heavy (non-hydrogen) atoms. The molecule has 1 atom stereocenters. The van der Waals surface area contributed by atoms with Crippen LogP contribution in [0.15, 0.2) is 0 Å². The van der Waals surface area contributed by atoms with Crippen molar-refractivity contribution in [3.63, 3.8) is 0 Å². The molecule has 4 nitrogen and oxygen atoms in total. The maximum Gasteiger partial charge on any atom is 0.196 e. The zero-order valence-electron chi connectivity index (χ0n) is 5.40. The van der Waals surface area contributed by atoms with E-state index in [9.17, 15) is 4.21 Å². The van der Waals surface area contributed by atoms with E-state index in [-0.39, 0.29) is 5.92 Å². The van der Waals surface area contributed by atoms with Gasteiger partial charge in [-0.25, -0.2) is 4.21 Å². The van der Waals surface area contributed by atoms with Gasteiger partial charge in [0.15, 0.2) is 10.1 Å². The van der Waals surface area contributed by atoms with Gasteiger partial charge in [-0.2, -0.15) is 0 Å². The highest BCUT2D eigenvalue weighted by Crippen LogP contribution is 2.09. The van der Waals surface area contributed by atoms with Gasteiger partial charge in [-0.15, -0.1) is 0 Å². The molecule has 0 aromatic carbocycles. The third kappa shape index (κ3) is 2.66. The molecule has 1 unspecified atom stereocenters. The Morgan fingerprint density at radius 2 is 2.30 bits per heavy atom. The van der Waals surface area contributed by atoms with Gasteiger partial charge >= 0.3 is 0 Å². The quantitative estimate of drug-likeness (QED) is 0.540. The monoisotopic (exact) mass is 166 g/mol. The first kappa shape index (κ1) is 8.00. The first-order valence-electron chi connectivity index (χ1n) is 2.99. The first-order valence-corrected chi connectivity index (χ1v) is 4.53. The van der Waals surface area contributed by atoms with E-state index in [1.165, 1.54) is 0 Å². The molecule has 1 aliphatic heterocycles. The minimum absolute atomic E-state index is 0.0671. The molecule has 0 amide bonds. The van der Waals surface area contributed by atoms with Crippen LogP contribution in [0.4, 0.5) is 0 Å². The Morgan fingerprint density at radius 1 is 1.60 bits per heavy atom. The Balaban J connectivity index is 2.60. The van der Waals surface area contributed by atoms with Gasteiger partial charge in [0, 0.05) is 17.9 Å². The summed E-state index contributed by atoms with van der Waals surface area (Å²) >= 11 is 0. The summed E-state index contributed by atoms with van der Waals surface area (Å²) < 4.78 is 32.2. The molecule has 0 radical (unpaired) electrons. The van der Waals surface area contributed by atoms with Gasteiger partial charge in [0.05, 0.1) is 6.61 Å². The molecule has 1 rings (SSSR count). The summed E-state index contributed by atoms with van der Waals surface area (Å²) in [6, 6.07) is 0. The zero-order valence-corrected chi connectivity index (χ0v) is 6.21. The Labute approximate surface area is 59.9 Å². The van der Waals surface area contributed by atoms with Crippen LogP contribution in [-0.4, -0.2) is 31.9 Å². The molecule has 5 heteroatoms. The van der Waals surface area contributed by atoms with Gasteiger partial charge in [-0.3, -0.25) is 9.11 Å². The van der Waals surface area contributed by atoms with Crippen LogP contribution in [0.2, 0.25) is 0 Å². The minimum atomic E-state index is -3.66. The second-order valence-electron chi connectivity index (χ2n) is 2.30. The Bertz CT molecular complexity index is 202. The Kier molecular flexibility index (Phi) is 2.30. The van der Waals surface area contributed by atoms with Crippen LogP contribution in [0.5, 0.6) is 0 Å². The van der Waals surface area contributed by atoms with Crippen molar-refractivity contribution in [2.45, 2.75) is 6.42 Å².